The molecule has 0 atom stereocenters. The van der Waals surface area contributed by atoms with E-state index in [2.05, 4.69) is 25.2 Å². The zero-order valence-electron chi connectivity index (χ0n) is 13.1. The van der Waals surface area contributed by atoms with E-state index in [1.54, 1.807) is 11.3 Å². The molecule has 0 aliphatic rings. The van der Waals surface area contributed by atoms with Crippen LogP contribution in [0.1, 0.15) is 70.1 Å². The van der Waals surface area contributed by atoms with Crippen LogP contribution in [0, 0.1) is 0 Å². The lowest BCUT2D eigenvalue weighted by Crippen LogP contribution is -2.30. The third kappa shape index (κ3) is 8.28. The largest absolute Gasteiger partial charge is 0.314 e. The summed E-state index contributed by atoms with van der Waals surface area (Å²) in [6.45, 7) is 5.64. The standard InChI is InChI=1S/C17H30ClNS/c1-3-5-7-9-15(10-8-6-4-2)19-14-13-16-11-12-17(18)20-16/h11-12,15,19H,3-10,13-14H2,1-2H3. The van der Waals surface area contributed by atoms with Crippen LogP contribution in [0.5, 0.6) is 0 Å². The molecular weight excluding hydrogens is 286 g/mol. The molecule has 0 radical (unpaired) electrons. The van der Waals surface area contributed by atoms with E-state index in [1.165, 1.54) is 56.2 Å². The summed E-state index contributed by atoms with van der Waals surface area (Å²) in [6, 6.07) is 4.86. The Morgan fingerprint density at radius 3 is 2.20 bits per heavy atom. The monoisotopic (exact) mass is 315 g/mol. The van der Waals surface area contributed by atoms with E-state index >= 15 is 0 Å². The Balaban J connectivity index is 2.23. The maximum absolute atomic E-state index is 5.97. The van der Waals surface area contributed by atoms with Gasteiger partial charge in [0.1, 0.15) is 0 Å². The normalized spacial score (nSPS) is 11.4. The first-order valence-corrected chi connectivity index (χ1v) is 9.43. The van der Waals surface area contributed by atoms with Gasteiger partial charge in [0.2, 0.25) is 0 Å². The molecular formula is C17H30ClNS. The van der Waals surface area contributed by atoms with Gasteiger partial charge in [-0.3, -0.25) is 0 Å². The lowest BCUT2D eigenvalue weighted by Gasteiger charge is -2.18. The van der Waals surface area contributed by atoms with Gasteiger partial charge in [0.15, 0.2) is 0 Å². The molecule has 0 amide bonds. The summed E-state index contributed by atoms with van der Waals surface area (Å²) in [7, 11) is 0. The van der Waals surface area contributed by atoms with Crippen LogP contribution in [0.4, 0.5) is 0 Å². The first kappa shape index (κ1) is 18.0. The van der Waals surface area contributed by atoms with Crippen molar-refractivity contribution in [2.75, 3.05) is 6.54 Å². The van der Waals surface area contributed by atoms with Crippen LogP contribution in [0.15, 0.2) is 12.1 Å². The van der Waals surface area contributed by atoms with Gasteiger partial charge >= 0.3 is 0 Å². The fraction of sp³-hybridized carbons (Fsp3) is 0.765. The highest BCUT2D eigenvalue weighted by Crippen LogP contribution is 2.21. The lowest BCUT2D eigenvalue weighted by atomic mass is 10.0. The molecule has 1 nitrogen and oxygen atoms in total. The van der Waals surface area contributed by atoms with Crippen LogP contribution >= 0.6 is 22.9 Å². The highest BCUT2D eigenvalue weighted by Gasteiger charge is 2.07. The van der Waals surface area contributed by atoms with E-state index in [0.717, 1.165) is 17.3 Å². The van der Waals surface area contributed by atoms with Crippen LogP contribution in [-0.4, -0.2) is 12.6 Å². The topological polar surface area (TPSA) is 12.0 Å². The van der Waals surface area contributed by atoms with Gasteiger partial charge in [0.25, 0.3) is 0 Å². The van der Waals surface area contributed by atoms with Crippen molar-refractivity contribution in [3.8, 4) is 0 Å². The maximum Gasteiger partial charge on any atom is 0.0931 e. The van der Waals surface area contributed by atoms with E-state index in [4.69, 9.17) is 11.6 Å². The van der Waals surface area contributed by atoms with Crippen molar-refractivity contribution in [2.24, 2.45) is 0 Å². The summed E-state index contributed by atoms with van der Waals surface area (Å²) in [5.74, 6) is 0. The summed E-state index contributed by atoms with van der Waals surface area (Å²) in [6.07, 6.45) is 11.9. The van der Waals surface area contributed by atoms with E-state index < -0.39 is 0 Å². The Labute approximate surface area is 134 Å². The number of halogens is 1. The average molecular weight is 316 g/mol. The number of hydrogen-bond donors (Lipinski definition) is 1. The summed E-state index contributed by atoms with van der Waals surface area (Å²) in [5.41, 5.74) is 0. The summed E-state index contributed by atoms with van der Waals surface area (Å²) >= 11 is 7.68. The molecule has 0 saturated heterocycles. The van der Waals surface area contributed by atoms with E-state index in [1.807, 2.05) is 6.07 Å². The first-order chi connectivity index (χ1) is 9.76. The molecule has 0 unspecified atom stereocenters. The zero-order valence-corrected chi connectivity index (χ0v) is 14.7. The maximum atomic E-state index is 5.97. The van der Waals surface area contributed by atoms with Gasteiger partial charge in [-0.15, -0.1) is 11.3 Å². The Hall–Kier alpha value is -0.0500. The molecule has 0 aliphatic heterocycles. The third-order valence-corrected chi connectivity index (χ3v) is 5.04. The second kappa shape index (κ2) is 11.6. The molecule has 1 aromatic rings. The predicted octanol–water partition coefficient (Wildman–Crippen LogP) is 6.06. The average Bonchev–Trinajstić information content (AvgIpc) is 2.84. The van der Waals surface area contributed by atoms with Crippen molar-refractivity contribution in [3.63, 3.8) is 0 Å². The first-order valence-electron chi connectivity index (χ1n) is 8.23. The molecule has 1 N–H and O–H groups in total. The lowest BCUT2D eigenvalue weighted by molar-refractivity contribution is 0.421. The summed E-state index contributed by atoms with van der Waals surface area (Å²) < 4.78 is 0.905. The van der Waals surface area contributed by atoms with Crippen molar-refractivity contribution < 1.29 is 0 Å². The molecule has 20 heavy (non-hydrogen) atoms. The fourth-order valence-electron chi connectivity index (χ4n) is 2.52. The summed E-state index contributed by atoms with van der Waals surface area (Å²) in [5, 5.41) is 3.76. The molecule has 116 valence electrons. The number of thiophene rings is 1. The Morgan fingerprint density at radius 1 is 1.05 bits per heavy atom. The fourth-order valence-corrected chi connectivity index (χ4v) is 3.60. The van der Waals surface area contributed by atoms with Crippen molar-refractivity contribution in [2.45, 2.75) is 77.7 Å². The molecule has 0 spiro atoms. The molecule has 1 rings (SSSR count). The van der Waals surface area contributed by atoms with Gasteiger partial charge in [-0.1, -0.05) is 64.0 Å². The number of rotatable bonds is 12. The minimum absolute atomic E-state index is 0.712. The van der Waals surface area contributed by atoms with Crippen LogP contribution in [0.25, 0.3) is 0 Å². The number of nitrogens with one attached hydrogen (secondary N) is 1. The van der Waals surface area contributed by atoms with Crippen LogP contribution < -0.4 is 5.32 Å². The van der Waals surface area contributed by atoms with Gasteiger partial charge in [0, 0.05) is 17.5 Å². The second-order valence-electron chi connectivity index (χ2n) is 5.60. The molecule has 0 aliphatic carbocycles. The quantitative estimate of drug-likeness (QED) is 0.462. The number of unbranched alkanes of at least 4 members (excludes halogenated alkanes) is 4. The number of hydrogen-bond acceptors (Lipinski definition) is 2. The molecule has 0 saturated carbocycles. The minimum Gasteiger partial charge on any atom is -0.314 e. The second-order valence-corrected chi connectivity index (χ2v) is 7.40. The van der Waals surface area contributed by atoms with E-state index in [0.29, 0.717) is 6.04 Å². The van der Waals surface area contributed by atoms with Gasteiger partial charge in [0.05, 0.1) is 4.34 Å². The van der Waals surface area contributed by atoms with Crippen molar-refractivity contribution >= 4 is 22.9 Å². The third-order valence-electron chi connectivity index (χ3n) is 3.75. The predicted molar refractivity (Wildman–Crippen MR) is 93.1 cm³/mol. The Bertz CT molecular complexity index is 327. The van der Waals surface area contributed by atoms with E-state index in [9.17, 15) is 0 Å². The van der Waals surface area contributed by atoms with Gasteiger partial charge < -0.3 is 5.32 Å². The SMILES string of the molecule is CCCCCC(CCCCC)NCCc1ccc(Cl)s1. The molecule has 3 heteroatoms. The van der Waals surface area contributed by atoms with Gasteiger partial charge in [-0.25, -0.2) is 0 Å². The van der Waals surface area contributed by atoms with E-state index in [-0.39, 0.29) is 0 Å². The van der Waals surface area contributed by atoms with Gasteiger partial charge in [-0.2, -0.15) is 0 Å². The summed E-state index contributed by atoms with van der Waals surface area (Å²) in [4.78, 5) is 1.39. The molecule has 0 aromatic carbocycles. The smallest absolute Gasteiger partial charge is 0.0931 e. The molecule has 1 heterocycles. The molecule has 1 aromatic heterocycles. The van der Waals surface area contributed by atoms with Crippen LogP contribution in [-0.2, 0) is 6.42 Å². The van der Waals surface area contributed by atoms with Crippen molar-refractivity contribution in [1.29, 1.82) is 0 Å². The minimum atomic E-state index is 0.712. The zero-order chi connectivity index (χ0) is 14.6. The molecule has 0 bridgehead atoms. The van der Waals surface area contributed by atoms with Gasteiger partial charge in [-0.05, 0) is 31.4 Å². The Kier molecular flexibility index (Phi) is 10.4. The van der Waals surface area contributed by atoms with Crippen LogP contribution in [0.3, 0.4) is 0 Å². The van der Waals surface area contributed by atoms with Crippen molar-refractivity contribution in [3.05, 3.63) is 21.3 Å². The highest BCUT2D eigenvalue weighted by atomic mass is 35.5. The van der Waals surface area contributed by atoms with Crippen molar-refractivity contribution in [1.82, 2.24) is 5.32 Å². The van der Waals surface area contributed by atoms with Crippen LogP contribution in [0.2, 0.25) is 4.34 Å². The molecule has 0 fully saturated rings. The highest BCUT2D eigenvalue weighted by molar-refractivity contribution is 7.16. The Morgan fingerprint density at radius 2 is 1.70 bits per heavy atom.